The van der Waals surface area contributed by atoms with Gasteiger partial charge in [0.25, 0.3) is 0 Å². The van der Waals surface area contributed by atoms with Crippen LogP contribution in [0.15, 0.2) is 12.2 Å². The quantitative estimate of drug-likeness (QED) is 0.638. The normalized spacial score (nSPS) is 24.5. The molecule has 0 amide bonds. The Bertz CT molecular complexity index is 252. The topological polar surface area (TPSA) is 27.0 Å². The molecule has 0 N–H and O–H groups in total. The lowest BCUT2D eigenvalue weighted by molar-refractivity contribution is 0.193. The molecule has 1 aliphatic carbocycles. The minimum absolute atomic E-state index is 0.468. The number of nitrogens with zero attached hydrogens (tertiary/aromatic N) is 2. The first-order chi connectivity index (χ1) is 6.79. The van der Waals surface area contributed by atoms with Crippen LogP contribution < -0.4 is 0 Å². The molecule has 1 aliphatic heterocycles. The monoisotopic (exact) mass is 190 g/mol. The van der Waals surface area contributed by atoms with Crippen LogP contribution in [0.1, 0.15) is 25.7 Å². The summed E-state index contributed by atoms with van der Waals surface area (Å²) in [6, 6.07) is 2.19. The standard InChI is InChI=1S/C12H18N2/c1-10(8-13)12-4-6-14(7-5-12)9-11-2-3-11/h11-12H,1-7,9H2. The van der Waals surface area contributed by atoms with Crippen LogP contribution in [0.25, 0.3) is 0 Å². The van der Waals surface area contributed by atoms with Crippen molar-refractivity contribution in [3.05, 3.63) is 12.2 Å². The predicted molar refractivity (Wildman–Crippen MR) is 56.6 cm³/mol. The van der Waals surface area contributed by atoms with Gasteiger partial charge >= 0.3 is 0 Å². The van der Waals surface area contributed by atoms with Gasteiger partial charge in [0.1, 0.15) is 0 Å². The number of likely N-dealkylation sites (tertiary alicyclic amines) is 1. The molecule has 1 heterocycles. The summed E-state index contributed by atoms with van der Waals surface area (Å²) in [5.74, 6) is 1.46. The molecule has 76 valence electrons. The molecule has 0 bridgehead atoms. The van der Waals surface area contributed by atoms with Crippen LogP contribution in [0.5, 0.6) is 0 Å². The van der Waals surface area contributed by atoms with E-state index in [1.807, 2.05) is 0 Å². The van der Waals surface area contributed by atoms with Crippen molar-refractivity contribution < 1.29 is 0 Å². The molecule has 2 nitrogen and oxygen atoms in total. The van der Waals surface area contributed by atoms with Crippen LogP contribution >= 0.6 is 0 Å². The highest BCUT2D eigenvalue weighted by Gasteiger charge is 2.27. The molecule has 0 radical (unpaired) electrons. The summed E-state index contributed by atoms with van der Waals surface area (Å²) in [7, 11) is 0. The maximum absolute atomic E-state index is 8.75. The molecule has 2 rings (SSSR count). The first-order valence-electron chi connectivity index (χ1n) is 5.61. The number of rotatable bonds is 3. The lowest BCUT2D eigenvalue weighted by Gasteiger charge is -2.31. The molecule has 0 aromatic rings. The Hall–Kier alpha value is -0.810. The van der Waals surface area contributed by atoms with Gasteiger partial charge in [0, 0.05) is 12.1 Å². The summed E-state index contributed by atoms with van der Waals surface area (Å²) in [6.45, 7) is 7.45. The minimum Gasteiger partial charge on any atom is -0.303 e. The minimum atomic E-state index is 0.468. The van der Waals surface area contributed by atoms with E-state index in [9.17, 15) is 0 Å². The molecular weight excluding hydrogens is 172 g/mol. The largest absolute Gasteiger partial charge is 0.303 e. The van der Waals surface area contributed by atoms with Crippen molar-refractivity contribution in [1.29, 1.82) is 5.26 Å². The van der Waals surface area contributed by atoms with Gasteiger partial charge in [0.15, 0.2) is 0 Å². The fraction of sp³-hybridized carbons (Fsp3) is 0.750. The highest BCUT2D eigenvalue weighted by Crippen LogP contribution is 2.31. The average molecular weight is 190 g/mol. The maximum Gasteiger partial charge on any atom is 0.0943 e. The van der Waals surface area contributed by atoms with E-state index in [1.165, 1.54) is 32.5 Å². The third-order valence-corrected chi connectivity index (χ3v) is 3.44. The number of hydrogen-bond donors (Lipinski definition) is 0. The van der Waals surface area contributed by atoms with Crippen LogP contribution in [0.4, 0.5) is 0 Å². The van der Waals surface area contributed by atoms with Crippen LogP contribution in [-0.2, 0) is 0 Å². The molecular formula is C12H18N2. The Morgan fingerprint density at radius 1 is 1.29 bits per heavy atom. The number of allylic oxidation sites excluding steroid dienone is 1. The number of piperidine rings is 1. The van der Waals surface area contributed by atoms with E-state index in [1.54, 1.807) is 0 Å². The van der Waals surface area contributed by atoms with Gasteiger partial charge in [0.2, 0.25) is 0 Å². The third kappa shape index (κ3) is 2.36. The van der Waals surface area contributed by atoms with Gasteiger partial charge in [0.05, 0.1) is 6.07 Å². The van der Waals surface area contributed by atoms with Crippen molar-refractivity contribution in [2.45, 2.75) is 25.7 Å². The van der Waals surface area contributed by atoms with Crippen molar-refractivity contribution in [2.75, 3.05) is 19.6 Å². The maximum atomic E-state index is 8.75. The Morgan fingerprint density at radius 2 is 1.93 bits per heavy atom. The van der Waals surface area contributed by atoms with Gasteiger partial charge in [-0.3, -0.25) is 0 Å². The van der Waals surface area contributed by atoms with Crippen molar-refractivity contribution in [3.63, 3.8) is 0 Å². The molecule has 0 aromatic carbocycles. The van der Waals surface area contributed by atoms with Crippen LogP contribution in [0.2, 0.25) is 0 Å². The van der Waals surface area contributed by atoms with Crippen LogP contribution in [0.3, 0.4) is 0 Å². The van der Waals surface area contributed by atoms with Crippen LogP contribution in [0, 0.1) is 23.2 Å². The Balaban J connectivity index is 1.74. The van der Waals surface area contributed by atoms with E-state index < -0.39 is 0 Å². The van der Waals surface area contributed by atoms with Gasteiger partial charge in [-0.2, -0.15) is 5.26 Å². The molecule has 1 saturated heterocycles. The zero-order valence-electron chi connectivity index (χ0n) is 8.71. The molecule has 0 atom stereocenters. The second-order valence-electron chi connectivity index (χ2n) is 4.66. The fourth-order valence-electron chi connectivity index (χ4n) is 2.22. The molecule has 2 fully saturated rings. The van der Waals surface area contributed by atoms with Gasteiger partial charge in [-0.15, -0.1) is 0 Å². The second-order valence-corrected chi connectivity index (χ2v) is 4.66. The van der Waals surface area contributed by atoms with Gasteiger partial charge in [-0.1, -0.05) is 6.58 Å². The summed E-state index contributed by atoms with van der Waals surface area (Å²) in [5, 5.41) is 8.75. The highest BCUT2D eigenvalue weighted by atomic mass is 15.1. The molecule has 2 aliphatic rings. The zero-order chi connectivity index (χ0) is 9.97. The van der Waals surface area contributed by atoms with Crippen molar-refractivity contribution >= 4 is 0 Å². The average Bonchev–Trinajstić information content (AvgIpc) is 3.02. The summed E-state index contributed by atoms with van der Waals surface area (Å²) in [4.78, 5) is 2.55. The summed E-state index contributed by atoms with van der Waals surface area (Å²) in [6.07, 6.45) is 5.15. The molecule has 14 heavy (non-hydrogen) atoms. The summed E-state index contributed by atoms with van der Waals surface area (Å²) in [5.41, 5.74) is 0.788. The van der Waals surface area contributed by atoms with E-state index in [0.29, 0.717) is 5.92 Å². The van der Waals surface area contributed by atoms with Crippen molar-refractivity contribution in [1.82, 2.24) is 4.90 Å². The molecule has 0 aromatic heterocycles. The summed E-state index contributed by atoms with van der Waals surface area (Å²) >= 11 is 0. The van der Waals surface area contributed by atoms with E-state index in [2.05, 4.69) is 17.5 Å². The lowest BCUT2D eigenvalue weighted by atomic mass is 9.91. The van der Waals surface area contributed by atoms with E-state index in [4.69, 9.17) is 5.26 Å². The van der Waals surface area contributed by atoms with Crippen molar-refractivity contribution in [2.24, 2.45) is 11.8 Å². The SMILES string of the molecule is C=C(C#N)C1CCN(CC2CC2)CC1. The molecule has 0 unspecified atom stereocenters. The zero-order valence-corrected chi connectivity index (χ0v) is 8.71. The smallest absolute Gasteiger partial charge is 0.0943 e. The highest BCUT2D eigenvalue weighted by molar-refractivity contribution is 5.20. The van der Waals surface area contributed by atoms with Crippen LogP contribution in [-0.4, -0.2) is 24.5 Å². The van der Waals surface area contributed by atoms with Gasteiger partial charge in [-0.05, 0) is 50.6 Å². The first-order valence-corrected chi connectivity index (χ1v) is 5.61. The molecule has 1 saturated carbocycles. The fourth-order valence-corrected chi connectivity index (χ4v) is 2.22. The van der Waals surface area contributed by atoms with Crippen molar-refractivity contribution in [3.8, 4) is 6.07 Å². The van der Waals surface area contributed by atoms with Gasteiger partial charge < -0.3 is 4.90 Å². The predicted octanol–water partition coefficient (Wildman–Crippen LogP) is 2.19. The van der Waals surface area contributed by atoms with E-state index in [-0.39, 0.29) is 0 Å². The lowest BCUT2D eigenvalue weighted by Crippen LogP contribution is -2.35. The van der Waals surface area contributed by atoms with Gasteiger partial charge in [-0.25, -0.2) is 0 Å². The summed E-state index contributed by atoms with van der Waals surface area (Å²) < 4.78 is 0. The number of hydrogen-bond acceptors (Lipinski definition) is 2. The Morgan fingerprint density at radius 3 is 2.43 bits per heavy atom. The number of nitriles is 1. The van der Waals surface area contributed by atoms with E-state index >= 15 is 0 Å². The first kappa shape index (κ1) is 9.73. The third-order valence-electron chi connectivity index (χ3n) is 3.44. The Labute approximate surface area is 86.2 Å². The van der Waals surface area contributed by atoms with E-state index in [0.717, 1.165) is 24.3 Å². The molecule has 0 spiro atoms. The molecule has 2 heteroatoms. The second kappa shape index (κ2) is 4.14. The Kier molecular flexibility index (Phi) is 2.88.